The number of halogens is 4. The lowest BCUT2D eigenvalue weighted by molar-refractivity contribution is -0.191. The van der Waals surface area contributed by atoms with E-state index < -0.39 is 17.6 Å². The summed E-state index contributed by atoms with van der Waals surface area (Å²) in [6, 6.07) is 4.09. The molecule has 0 unspecified atom stereocenters. The molecule has 0 N–H and O–H groups in total. The Morgan fingerprint density at radius 1 is 1.13 bits per heavy atom. The fourth-order valence-corrected chi connectivity index (χ4v) is 3.77. The third kappa shape index (κ3) is 3.13. The lowest BCUT2D eigenvalue weighted by Crippen LogP contribution is -2.44. The Balaban J connectivity index is 1.92. The molecule has 2 heterocycles. The van der Waals surface area contributed by atoms with Gasteiger partial charge < -0.3 is 9.64 Å². The second-order valence-electron chi connectivity index (χ2n) is 6.14. The molecule has 2 aliphatic rings. The minimum Gasteiger partial charge on any atom is -0.381 e. The van der Waals surface area contributed by atoms with E-state index in [4.69, 9.17) is 4.74 Å². The van der Waals surface area contributed by atoms with E-state index in [9.17, 15) is 18.0 Å². The van der Waals surface area contributed by atoms with E-state index in [2.05, 4.69) is 15.9 Å². The molecule has 0 radical (unpaired) electrons. The van der Waals surface area contributed by atoms with Gasteiger partial charge in [0.1, 0.15) is 0 Å². The minimum atomic E-state index is -4.50. The fourth-order valence-electron chi connectivity index (χ4n) is 3.51. The molecule has 2 saturated heterocycles. The van der Waals surface area contributed by atoms with Gasteiger partial charge in [0.25, 0.3) is 0 Å². The molecule has 0 bridgehead atoms. The smallest absolute Gasteiger partial charge is 0.381 e. The van der Waals surface area contributed by atoms with Gasteiger partial charge in [-0.25, -0.2) is 0 Å². The van der Waals surface area contributed by atoms with Gasteiger partial charge in [-0.2, -0.15) is 13.2 Å². The number of nitrogens with zero attached hydrogens (tertiary/aromatic N) is 1. The highest BCUT2D eigenvalue weighted by atomic mass is 79.9. The zero-order valence-corrected chi connectivity index (χ0v) is 14.0. The SMILES string of the molecule is O=C1N([C@@H](c2ccc(Br)cc2)C(F)(F)F)CCC12CCOCC2. The summed E-state index contributed by atoms with van der Waals surface area (Å²) >= 11 is 3.22. The number of likely N-dealkylation sites (tertiary alicyclic amines) is 1. The molecule has 1 atom stereocenters. The summed E-state index contributed by atoms with van der Waals surface area (Å²) in [7, 11) is 0. The van der Waals surface area contributed by atoms with Crippen molar-refractivity contribution in [2.24, 2.45) is 5.41 Å². The van der Waals surface area contributed by atoms with Crippen LogP contribution in [0.3, 0.4) is 0 Å². The second kappa shape index (κ2) is 6.09. The summed E-state index contributed by atoms with van der Waals surface area (Å²) in [6.45, 7) is 1.02. The molecule has 126 valence electrons. The van der Waals surface area contributed by atoms with Crippen molar-refractivity contribution < 1.29 is 22.7 Å². The first-order chi connectivity index (χ1) is 10.8. The molecular weight excluding hydrogens is 375 g/mol. The Bertz CT molecular complexity index is 582. The van der Waals surface area contributed by atoms with E-state index in [1.54, 1.807) is 12.1 Å². The highest BCUT2D eigenvalue weighted by Crippen LogP contribution is 2.47. The van der Waals surface area contributed by atoms with Crippen LogP contribution in [0, 0.1) is 5.41 Å². The number of hydrogen-bond acceptors (Lipinski definition) is 2. The van der Waals surface area contributed by atoms with Crippen molar-refractivity contribution in [2.45, 2.75) is 31.5 Å². The largest absolute Gasteiger partial charge is 0.413 e. The molecule has 3 rings (SSSR count). The number of alkyl halides is 3. The van der Waals surface area contributed by atoms with Crippen LogP contribution in [0.5, 0.6) is 0 Å². The molecule has 2 aliphatic heterocycles. The van der Waals surface area contributed by atoms with Crippen molar-refractivity contribution in [2.75, 3.05) is 19.8 Å². The molecule has 0 saturated carbocycles. The van der Waals surface area contributed by atoms with Crippen molar-refractivity contribution in [3.05, 3.63) is 34.3 Å². The topological polar surface area (TPSA) is 29.5 Å². The van der Waals surface area contributed by atoms with Crippen molar-refractivity contribution in [3.8, 4) is 0 Å². The number of benzene rings is 1. The maximum Gasteiger partial charge on any atom is 0.413 e. The molecule has 0 aromatic heterocycles. The monoisotopic (exact) mass is 391 g/mol. The first-order valence-electron chi connectivity index (χ1n) is 7.54. The lowest BCUT2D eigenvalue weighted by atomic mass is 9.79. The van der Waals surface area contributed by atoms with Crippen LogP contribution in [0.25, 0.3) is 0 Å². The standard InChI is InChI=1S/C16H17BrF3NO2/c17-12-3-1-11(2-4-12)13(16(18,19)20)21-8-5-15(14(21)22)6-9-23-10-7-15/h1-4,13H,5-10H2/t13-/m0/s1. The van der Waals surface area contributed by atoms with E-state index in [1.165, 1.54) is 12.1 Å². The summed E-state index contributed by atoms with van der Waals surface area (Å²) < 4.78 is 46.9. The summed E-state index contributed by atoms with van der Waals surface area (Å²) in [5.74, 6) is -0.383. The van der Waals surface area contributed by atoms with Crippen LogP contribution in [-0.4, -0.2) is 36.7 Å². The van der Waals surface area contributed by atoms with Gasteiger partial charge in [-0.05, 0) is 37.0 Å². The second-order valence-corrected chi connectivity index (χ2v) is 7.05. The quantitative estimate of drug-likeness (QED) is 0.759. The number of carbonyl (C=O) groups is 1. The number of carbonyl (C=O) groups excluding carboxylic acids is 1. The molecule has 23 heavy (non-hydrogen) atoms. The lowest BCUT2D eigenvalue weighted by Gasteiger charge is -2.34. The van der Waals surface area contributed by atoms with Gasteiger partial charge in [0.15, 0.2) is 6.04 Å². The Kier molecular flexibility index (Phi) is 4.44. The van der Waals surface area contributed by atoms with E-state index >= 15 is 0 Å². The molecule has 1 amide bonds. The number of hydrogen-bond donors (Lipinski definition) is 0. The third-order valence-corrected chi connectivity index (χ3v) is 5.33. The van der Waals surface area contributed by atoms with Crippen LogP contribution in [0.2, 0.25) is 0 Å². The van der Waals surface area contributed by atoms with Crippen molar-refractivity contribution >= 4 is 21.8 Å². The van der Waals surface area contributed by atoms with Gasteiger partial charge in [-0.15, -0.1) is 0 Å². The van der Waals surface area contributed by atoms with Gasteiger partial charge >= 0.3 is 6.18 Å². The van der Waals surface area contributed by atoms with Crippen molar-refractivity contribution in [3.63, 3.8) is 0 Å². The molecule has 3 nitrogen and oxygen atoms in total. The summed E-state index contributed by atoms with van der Waals surface area (Å²) in [5, 5.41) is 0. The summed E-state index contributed by atoms with van der Waals surface area (Å²) in [6.07, 6.45) is -3.01. The average Bonchev–Trinajstić information content (AvgIpc) is 2.79. The summed E-state index contributed by atoms with van der Waals surface area (Å²) in [4.78, 5) is 13.8. The van der Waals surface area contributed by atoms with E-state index in [0.717, 1.165) is 4.90 Å². The van der Waals surface area contributed by atoms with E-state index in [0.29, 0.717) is 36.9 Å². The zero-order valence-electron chi connectivity index (χ0n) is 12.4. The molecule has 7 heteroatoms. The molecule has 1 spiro atoms. The fraction of sp³-hybridized carbons (Fsp3) is 0.562. The molecule has 1 aromatic carbocycles. The van der Waals surface area contributed by atoms with Crippen LogP contribution in [0.15, 0.2) is 28.7 Å². The molecule has 1 aromatic rings. The predicted molar refractivity (Wildman–Crippen MR) is 81.8 cm³/mol. The van der Waals surface area contributed by atoms with Gasteiger partial charge in [0, 0.05) is 24.2 Å². The van der Waals surface area contributed by atoms with Crippen LogP contribution in [0.4, 0.5) is 13.2 Å². The first kappa shape index (κ1) is 16.8. The normalized spacial score (nSPS) is 22.6. The Hall–Kier alpha value is -1.08. The van der Waals surface area contributed by atoms with Crippen LogP contribution >= 0.6 is 15.9 Å². The van der Waals surface area contributed by atoms with Gasteiger partial charge in [0.2, 0.25) is 5.91 Å². The van der Waals surface area contributed by atoms with Crippen molar-refractivity contribution in [1.82, 2.24) is 4.90 Å². The van der Waals surface area contributed by atoms with Crippen molar-refractivity contribution in [1.29, 1.82) is 0 Å². The number of rotatable bonds is 2. The number of ether oxygens (including phenoxy) is 1. The maximum atomic E-state index is 13.7. The first-order valence-corrected chi connectivity index (χ1v) is 8.34. The third-order valence-electron chi connectivity index (χ3n) is 4.80. The van der Waals surface area contributed by atoms with Gasteiger partial charge in [-0.3, -0.25) is 4.79 Å². The average molecular weight is 392 g/mol. The van der Waals surface area contributed by atoms with Gasteiger partial charge in [0.05, 0.1) is 5.41 Å². The highest BCUT2D eigenvalue weighted by Gasteiger charge is 2.55. The van der Waals surface area contributed by atoms with E-state index in [-0.39, 0.29) is 18.0 Å². The van der Waals surface area contributed by atoms with Crippen LogP contribution in [0.1, 0.15) is 30.9 Å². The molecule has 2 fully saturated rings. The Morgan fingerprint density at radius 3 is 2.30 bits per heavy atom. The Labute approximate surface area is 140 Å². The number of amides is 1. The summed E-state index contributed by atoms with van der Waals surface area (Å²) in [5.41, 5.74) is -0.574. The van der Waals surface area contributed by atoms with Crippen LogP contribution < -0.4 is 0 Å². The van der Waals surface area contributed by atoms with Gasteiger partial charge in [-0.1, -0.05) is 28.1 Å². The maximum absolute atomic E-state index is 13.7. The molecular formula is C16H17BrF3NO2. The van der Waals surface area contributed by atoms with E-state index in [1.807, 2.05) is 0 Å². The molecule has 0 aliphatic carbocycles. The predicted octanol–water partition coefficient (Wildman–Crippen LogP) is 4.08. The Morgan fingerprint density at radius 2 is 1.74 bits per heavy atom. The van der Waals surface area contributed by atoms with Crippen LogP contribution in [-0.2, 0) is 9.53 Å². The zero-order chi connectivity index (χ0) is 16.7. The highest BCUT2D eigenvalue weighted by molar-refractivity contribution is 9.10. The minimum absolute atomic E-state index is 0.0955.